The highest BCUT2D eigenvalue weighted by Gasteiger charge is 2.04. The van der Waals surface area contributed by atoms with Crippen molar-refractivity contribution in [3.05, 3.63) is 34.9 Å². The molecule has 0 aliphatic carbocycles. The summed E-state index contributed by atoms with van der Waals surface area (Å²) in [5, 5.41) is 10.4. The molecule has 0 fully saturated rings. The fraction of sp³-hybridized carbons (Fsp3) is 0.455. The second-order valence-corrected chi connectivity index (χ2v) is 4.69. The van der Waals surface area contributed by atoms with Gasteiger partial charge in [0.05, 0.1) is 6.10 Å². The van der Waals surface area contributed by atoms with E-state index in [9.17, 15) is 5.11 Å². The zero-order valence-corrected chi connectivity index (χ0v) is 9.81. The van der Waals surface area contributed by atoms with Crippen molar-refractivity contribution in [2.45, 2.75) is 18.9 Å². The van der Waals surface area contributed by atoms with Gasteiger partial charge in [-0.1, -0.05) is 23.7 Å². The fourth-order valence-electron chi connectivity index (χ4n) is 1.29. The van der Waals surface area contributed by atoms with Gasteiger partial charge in [0, 0.05) is 5.02 Å². The molecule has 1 N–H and O–H groups in total. The summed E-state index contributed by atoms with van der Waals surface area (Å²) in [6.07, 6.45) is 3.34. The van der Waals surface area contributed by atoms with Gasteiger partial charge in [-0.25, -0.2) is 0 Å². The first kappa shape index (κ1) is 11.9. The first-order chi connectivity index (χ1) is 6.72. The molecule has 1 unspecified atom stereocenters. The summed E-state index contributed by atoms with van der Waals surface area (Å²) in [6.45, 7) is 0. The number of aliphatic hydroxyl groups excluding tert-OH is 1. The van der Waals surface area contributed by atoms with E-state index < -0.39 is 0 Å². The lowest BCUT2D eigenvalue weighted by atomic mass is 10.1. The van der Waals surface area contributed by atoms with Gasteiger partial charge in [0.2, 0.25) is 0 Å². The van der Waals surface area contributed by atoms with Crippen LogP contribution in [0.1, 0.15) is 12.0 Å². The summed E-state index contributed by atoms with van der Waals surface area (Å²) in [7, 11) is 0. The number of aliphatic hydroxyl groups is 1. The topological polar surface area (TPSA) is 20.2 Å². The molecule has 0 aromatic heterocycles. The maximum atomic E-state index is 9.67. The maximum absolute atomic E-state index is 9.67. The van der Waals surface area contributed by atoms with E-state index in [4.69, 9.17) is 11.6 Å². The monoisotopic (exact) mass is 230 g/mol. The normalized spacial score (nSPS) is 12.8. The lowest BCUT2D eigenvalue weighted by molar-refractivity contribution is 0.172. The molecule has 14 heavy (non-hydrogen) atoms. The molecule has 0 aliphatic heterocycles. The average Bonchev–Trinajstić information content (AvgIpc) is 2.15. The van der Waals surface area contributed by atoms with Gasteiger partial charge in [0.15, 0.2) is 0 Å². The van der Waals surface area contributed by atoms with Gasteiger partial charge in [-0.05, 0) is 42.5 Å². The zero-order valence-electron chi connectivity index (χ0n) is 8.24. The molecule has 3 heteroatoms. The average molecular weight is 231 g/mol. The Labute approximate surface area is 94.5 Å². The number of thioether (sulfide) groups is 1. The highest BCUT2D eigenvalue weighted by Crippen LogP contribution is 2.13. The van der Waals surface area contributed by atoms with E-state index in [1.54, 1.807) is 11.8 Å². The molecule has 78 valence electrons. The van der Waals surface area contributed by atoms with Crippen molar-refractivity contribution < 1.29 is 5.11 Å². The third-order valence-electron chi connectivity index (χ3n) is 2.02. The van der Waals surface area contributed by atoms with Crippen LogP contribution in [0.4, 0.5) is 0 Å². The molecule has 1 nitrogen and oxygen atoms in total. The van der Waals surface area contributed by atoms with Gasteiger partial charge in [-0.2, -0.15) is 11.8 Å². The molecular formula is C11H15ClOS. The molecule has 1 atom stereocenters. The van der Waals surface area contributed by atoms with Gasteiger partial charge >= 0.3 is 0 Å². The van der Waals surface area contributed by atoms with Crippen LogP contribution >= 0.6 is 23.4 Å². The van der Waals surface area contributed by atoms with Crippen molar-refractivity contribution in [3.8, 4) is 0 Å². The van der Waals surface area contributed by atoms with Crippen molar-refractivity contribution in [2.75, 3.05) is 12.0 Å². The van der Waals surface area contributed by atoms with Crippen LogP contribution in [0.3, 0.4) is 0 Å². The van der Waals surface area contributed by atoms with Gasteiger partial charge in [0.1, 0.15) is 0 Å². The summed E-state index contributed by atoms with van der Waals surface area (Å²) >= 11 is 7.60. The van der Waals surface area contributed by atoms with Gasteiger partial charge in [0.25, 0.3) is 0 Å². The Morgan fingerprint density at radius 3 is 2.93 bits per heavy atom. The van der Waals surface area contributed by atoms with Crippen LogP contribution in [0.5, 0.6) is 0 Å². The molecule has 0 amide bonds. The lowest BCUT2D eigenvalue weighted by Gasteiger charge is -2.09. The molecule has 0 radical (unpaired) electrons. The molecule has 0 bridgehead atoms. The first-order valence-corrected chi connectivity index (χ1v) is 6.41. The van der Waals surface area contributed by atoms with E-state index in [0.717, 1.165) is 22.8 Å². The highest BCUT2D eigenvalue weighted by molar-refractivity contribution is 7.98. The van der Waals surface area contributed by atoms with Crippen molar-refractivity contribution in [1.29, 1.82) is 0 Å². The Morgan fingerprint density at radius 2 is 2.29 bits per heavy atom. The molecule has 1 aromatic carbocycles. The molecule has 1 rings (SSSR count). The van der Waals surface area contributed by atoms with Gasteiger partial charge in [-0.3, -0.25) is 0 Å². The van der Waals surface area contributed by atoms with E-state index >= 15 is 0 Å². The highest BCUT2D eigenvalue weighted by atomic mass is 35.5. The SMILES string of the molecule is CSCCC(O)Cc1cccc(Cl)c1. The van der Waals surface area contributed by atoms with Crippen LogP contribution in [0, 0.1) is 0 Å². The van der Waals surface area contributed by atoms with E-state index in [1.807, 2.05) is 30.5 Å². The number of rotatable bonds is 5. The Balaban J connectivity index is 2.43. The Hall–Kier alpha value is -0.180. The van der Waals surface area contributed by atoms with Gasteiger partial charge in [-0.15, -0.1) is 0 Å². The quantitative estimate of drug-likeness (QED) is 0.839. The van der Waals surface area contributed by atoms with Crippen LogP contribution in [-0.4, -0.2) is 23.2 Å². The Bertz CT molecular complexity index is 278. The van der Waals surface area contributed by atoms with E-state index in [-0.39, 0.29) is 6.10 Å². The third-order valence-corrected chi connectivity index (χ3v) is 2.89. The predicted molar refractivity (Wildman–Crippen MR) is 64.2 cm³/mol. The van der Waals surface area contributed by atoms with Crippen LogP contribution in [0.15, 0.2) is 24.3 Å². The summed E-state index contributed by atoms with van der Waals surface area (Å²) in [5.41, 5.74) is 1.10. The second-order valence-electron chi connectivity index (χ2n) is 3.27. The zero-order chi connectivity index (χ0) is 10.4. The maximum Gasteiger partial charge on any atom is 0.0588 e. The van der Waals surface area contributed by atoms with Crippen LogP contribution < -0.4 is 0 Å². The van der Waals surface area contributed by atoms with Crippen molar-refractivity contribution in [3.63, 3.8) is 0 Å². The van der Waals surface area contributed by atoms with E-state index in [2.05, 4.69) is 0 Å². The molecule has 1 aromatic rings. The number of hydrogen-bond donors (Lipinski definition) is 1. The lowest BCUT2D eigenvalue weighted by Crippen LogP contribution is -2.11. The van der Waals surface area contributed by atoms with E-state index in [1.165, 1.54) is 0 Å². The molecule has 0 saturated carbocycles. The first-order valence-electron chi connectivity index (χ1n) is 4.64. The van der Waals surface area contributed by atoms with Crippen LogP contribution in [-0.2, 0) is 6.42 Å². The molecule has 0 saturated heterocycles. The third kappa shape index (κ3) is 4.36. The minimum absolute atomic E-state index is 0.249. The summed E-state index contributed by atoms with van der Waals surface area (Å²) in [6, 6.07) is 7.66. The van der Waals surface area contributed by atoms with Gasteiger partial charge < -0.3 is 5.11 Å². The summed E-state index contributed by atoms with van der Waals surface area (Å²) in [4.78, 5) is 0. The van der Waals surface area contributed by atoms with Crippen LogP contribution in [0.25, 0.3) is 0 Å². The molecular weight excluding hydrogens is 216 g/mol. The Kier molecular flexibility index (Phi) is 5.38. The molecule has 0 heterocycles. The largest absolute Gasteiger partial charge is 0.393 e. The van der Waals surface area contributed by atoms with E-state index in [0.29, 0.717) is 6.42 Å². The Morgan fingerprint density at radius 1 is 1.50 bits per heavy atom. The number of halogens is 1. The number of benzene rings is 1. The summed E-state index contributed by atoms with van der Waals surface area (Å²) in [5.74, 6) is 1.00. The second kappa shape index (κ2) is 6.33. The van der Waals surface area contributed by atoms with Crippen molar-refractivity contribution in [2.24, 2.45) is 0 Å². The van der Waals surface area contributed by atoms with Crippen LogP contribution in [0.2, 0.25) is 5.02 Å². The fourth-order valence-corrected chi connectivity index (χ4v) is 2.01. The van der Waals surface area contributed by atoms with Crippen molar-refractivity contribution in [1.82, 2.24) is 0 Å². The predicted octanol–water partition coefficient (Wildman–Crippen LogP) is 3.00. The molecule has 0 spiro atoms. The minimum Gasteiger partial charge on any atom is -0.393 e. The minimum atomic E-state index is -0.249. The molecule has 0 aliphatic rings. The van der Waals surface area contributed by atoms with Crippen molar-refractivity contribution >= 4 is 23.4 Å². The summed E-state index contributed by atoms with van der Waals surface area (Å²) < 4.78 is 0. The standard InChI is InChI=1S/C11H15ClOS/c1-14-6-5-11(13)8-9-3-2-4-10(12)7-9/h2-4,7,11,13H,5-6,8H2,1H3. The number of hydrogen-bond acceptors (Lipinski definition) is 2. The smallest absolute Gasteiger partial charge is 0.0588 e.